The van der Waals surface area contributed by atoms with Crippen molar-refractivity contribution in [3.8, 4) is 0 Å². The van der Waals surface area contributed by atoms with E-state index >= 15 is 0 Å². The Morgan fingerprint density at radius 2 is 2.07 bits per heavy atom. The van der Waals surface area contributed by atoms with E-state index in [4.69, 9.17) is 5.84 Å². The molecule has 1 rings (SSSR count). The van der Waals surface area contributed by atoms with Crippen molar-refractivity contribution < 1.29 is 0 Å². The number of nitrogens with zero attached hydrogens (tertiary/aromatic N) is 1. The molecule has 14 heavy (non-hydrogen) atoms. The van der Waals surface area contributed by atoms with Crippen LogP contribution in [0.15, 0.2) is 24.5 Å². The topological polar surface area (TPSA) is 50.9 Å². The molecule has 1 aromatic rings. The molecular weight excluding hydrogens is 174 g/mol. The minimum Gasteiger partial charge on any atom is -0.271 e. The number of nitrogens with one attached hydrogen (secondary N) is 1. The van der Waals surface area contributed by atoms with Gasteiger partial charge in [-0.1, -0.05) is 26.8 Å². The molecule has 1 heterocycles. The molecule has 0 saturated carbocycles. The van der Waals surface area contributed by atoms with Crippen LogP contribution in [-0.4, -0.2) is 4.98 Å². The predicted molar refractivity (Wildman–Crippen MR) is 58.3 cm³/mol. The quantitative estimate of drug-likeness (QED) is 0.567. The zero-order valence-corrected chi connectivity index (χ0v) is 9.07. The first kappa shape index (κ1) is 11.1. The lowest BCUT2D eigenvalue weighted by Crippen LogP contribution is -2.34. The van der Waals surface area contributed by atoms with Crippen LogP contribution in [-0.2, 0) is 0 Å². The minimum absolute atomic E-state index is 0.184. The smallest absolute Gasteiger partial charge is 0.0503 e. The van der Waals surface area contributed by atoms with Crippen molar-refractivity contribution in [2.45, 2.75) is 26.8 Å². The van der Waals surface area contributed by atoms with Crippen LogP contribution in [0.1, 0.15) is 32.4 Å². The number of hydrogen-bond acceptors (Lipinski definition) is 3. The highest BCUT2D eigenvalue weighted by Crippen LogP contribution is 2.26. The van der Waals surface area contributed by atoms with Gasteiger partial charge in [-0.2, -0.15) is 0 Å². The Bertz CT molecular complexity index is 258. The van der Waals surface area contributed by atoms with Crippen molar-refractivity contribution in [2.24, 2.45) is 17.7 Å². The van der Waals surface area contributed by atoms with Gasteiger partial charge in [-0.3, -0.25) is 16.3 Å². The van der Waals surface area contributed by atoms with Gasteiger partial charge in [0.1, 0.15) is 0 Å². The van der Waals surface area contributed by atoms with Crippen molar-refractivity contribution in [2.75, 3.05) is 0 Å². The molecule has 0 fully saturated rings. The average molecular weight is 193 g/mol. The Labute approximate surface area is 85.7 Å². The third-order valence-electron chi connectivity index (χ3n) is 2.80. The van der Waals surface area contributed by atoms with E-state index in [0.717, 1.165) is 5.56 Å². The summed E-state index contributed by atoms with van der Waals surface area (Å²) in [7, 11) is 0. The lowest BCUT2D eigenvalue weighted by atomic mass is 9.87. The summed E-state index contributed by atoms with van der Waals surface area (Å²) < 4.78 is 0. The Balaban J connectivity index is 2.82. The van der Waals surface area contributed by atoms with Gasteiger partial charge in [0.2, 0.25) is 0 Å². The summed E-state index contributed by atoms with van der Waals surface area (Å²) in [5, 5.41) is 0. The Kier molecular flexibility index (Phi) is 4.04. The van der Waals surface area contributed by atoms with Crippen molar-refractivity contribution in [3.05, 3.63) is 30.1 Å². The van der Waals surface area contributed by atoms with Gasteiger partial charge in [0.05, 0.1) is 6.04 Å². The molecule has 0 aromatic carbocycles. The van der Waals surface area contributed by atoms with Crippen molar-refractivity contribution in [3.63, 3.8) is 0 Å². The van der Waals surface area contributed by atoms with Crippen LogP contribution in [0.5, 0.6) is 0 Å². The van der Waals surface area contributed by atoms with Crippen LogP contribution in [0.3, 0.4) is 0 Å². The van der Waals surface area contributed by atoms with Crippen LogP contribution in [0, 0.1) is 11.8 Å². The van der Waals surface area contributed by atoms with Gasteiger partial charge in [0.25, 0.3) is 0 Å². The zero-order chi connectivity index (χ0) is 10.6. The van der Waals surface area contributed by atoms with Crippen molar-refractivity contribution in [1.82, 2.24) is 10.4 Å². The molecule has 3 nitrogen and oxygen atoms in total. The second kappa shape index (κ2) is 5.08. The summed E-state index contributed by atoms with van der Waals surface area (Å²) in [6.07, 6.45) is 3.64. The zero-order valence-electron chi connectivity index (χ0n) is 9.07. The Hall–Kier alpha value is -0.930. The summed E-state index contributed by atoms with van der Waals surface area (Å²) in [4.78, 5) is 4.10. The summed E-state index contributed by atoms with van der Waals surface area (Å²) in [5.74, 6) is 6.65. The van der Waals surface area contributed by atoms with Gasteiger partial charge >= 0.3 is 0 Å². The summed E-state index contributed by atoms with van der Waals surface area (Å²) in [6, 6.07) is 4.17. The molecule has 0 saturated heterocycles. The number of rotatable bonds is 4. The number of hydrogen-bond donors (Lipinski definition) is 2. The number of hydrazine groups is 1. The number of nitrogens with two attached hydrogens (primary N) is 1. The molecule has 1 aromatic heterocycles. The maximum absolute atomic E-state index is 5.57. The molecule has 78 valence electrons. The summed E-state index contributed by atoms with van der Waals surface area (Å²) >= 11 is 0. The van der Waals surface area contributed by atoms with E-state index in [-0.39, 0.29) is 6.04 Å². The van der Waals surface area contributed by atoms with Crippen molar-refractivity contribution in [1.29, 1.82) is 0 Å². The fraction of sp³-hybridized carbons (Fsp3) is 0.545. The van der Waals surface area contributed by atoms with Crippen LogP contribution < -0.4 is 11.3 Å². The van der Waals surface area contributed by atoms with Crippen LogP contribution in [0.25, 0.3) is 0 Å². The third-order valence-corrected chi connectivity index (χ3v) is 2.80. The van der Waals surface area contributed by atoms with Gasteiger partial charge in [-0.05, 0) is 23.5 Å². The van der Waals surface area contributed by atoms with E-state index in [1.165, 1.54) is 0 Å². The van der Waals surface area contributed by atoms with Crippen LogP contribution in [0.4, 0.5) is 0 Å². The summed E-state index contributed by atoms with van der Waals surface area (Å²) in [6.45, 7) is 6.60. The molecule has 0 aliphatic rings. The molecule has 2 unspecified atom stereocenters. The number of pyridine rings is 1. The Morgan fingerprint density at radius 1 is 1.36 bits per heavy atom. The number of aromatic nitrogens is 1. The first-order chi connectivity index (χ1) is 6.66. The van der Waals surface area contributed by atoms with E-state index in [9.17, 15) is 0 Å². The van der Waals surface area contributed by atoms with Crippen molar-refractivity contribution >= 4 is 0 Å². The highest BCUT2D eigenvalue weighted by molar-refractivity contribution is 5.14. The van der Waals surface area contributed by atoms with Gasteiger partial charge in [0, 0.05) is 12.4 Å². The highest BCUT2D eigenvalue weighted by atomic mass is 15.2. The van der Waals surface area contributed by atoms with E-state index in [0.29, 0.717) is 11.8 Å². The van der Waals surface area contributed by atoms with E-state index in [1.807, 2.05) is 12.3 Å². The molecule has 0 bridgehead atoms. The predicted octanol–water partition coefficient (Wildman–Crippen LogP) is 1.88. The van der Waals surface area contributed by atoms with Crippen LogP contribution in [0.2, 0.25) is 0 Å². The molecule has 3 N–H and O–H groups in total. The van der Waals surface area contributed by atoms with E-state index in [2.05, 4.69) is 37.2 Å². The standard InChI is InChI=1S/C11H19N3/c1-8(2)9(3)11(14-12)10-5-4-6-13-7-10/h4-9,11,14H,12H2,1-3H3. The normalized spacial score (nSPS) is 15.5. The second-order valence-electron chi connectivity index (χ2n) is 4.03. The first-order valence-electron chi connectivity index (χ1n) is 5.03. The van der Waals surface area contributed by atoms with Gasteiger partial charge in [-0.25, -0.2) is 0 Å². The molecule has 0 aliphatic heterocycles. The van der Waals surface area contributed by atoms with E-state index in [1.54, 1.807) is 6.20 Å². The summed E-state index contributed by atoms with van der Waals surface area (Å²) in [5.41, 5.74) is 4.01. The van der Waals surface area contributed by atoms with E-state index < -0.39 is 0 Å². The van der Waals surface area contributed by atoms with Crippen LogP contribution >= 0.6 is 0 Å². The Morgan fingerprint density at radius 3 is 2.50 bits per heavy atom. The molecular formula is C11H19N3. The fourth-order valence-electron chi connectivity index (χ4n) is 1.50. The average Bonchev–Trinajstić information content (AvgIpc) is 2.20. The second-order valence-corrected chi connectivity index (χ2v) is 4.03. The molecule has 3 heteroatoms. The SMILES string of the molecule is CC(C)C(C)C(NN)c1cccnc1. The minimum atomic E-state index is 0.184. The fourth-order valence-corrected chi connectivity index (χ4v) is 1.50. The monoisotopic (exact) mass is 193 g/mol. The molecule has 0 radical (unpaired) electrons. The van der Waals surface area contributed by atoms with Gasteiger partial charge in [0.15, 0.2) is 0 Å². The highest BCUT2D eigenvalue weighted by Gasteiger charge is 2.20. The lowest BCUT2D eigenvalue weighted by molar-refractivity contribution is 0.306. The van der Waals surface area contributed by atoms with Gasteiger partial charge in [-0.15, -0.1) is 0 Å². The molecule has 2 atom stereocenters. The molecule has 0 spiro atoms. The third kappa shape index (κ3) is 2.53. The maximum Gasteiger partial charge on any atom is 0.0503 e. The lowest BCUT2D eigenvalue weighted by Gasteiger charge is -2.26. The first-order valence-corrected chi connectivity index (χ1v) is 5.03. The largest absolute Gasteiger partial charge is 0.271 e. The molecule has 0 aliphatic carbocycles. The van der Waals surface area contributed by atoms with Gasteiger partial charge < -0.3 is 0 Å². The molecule has 0 amide bonds. The maximum atomic E-state index is 5.57.